The van der Waals surface area contributed by atoms with Crippen LogP contribution < -0.4 is 11.1 Å². The van der Waals surface area contributed by atoms with Crippen molar-refractivity contribution in [2.24, 2.45) is 5.73 Å². The van der Waals surface area contributed by atoms with Gasteiger partial charge in [-0.25, -0.2) is 8.42 Å². The molecule has 0 radical (unpaired) electrons. The summed E-state index contributed by atoms with van der Waals surface area (Å²) in [5, 5.41) is 9.86. The van der Waals surface area contributed by atoms with E-state index in [0.717, 1.165) is 0 Å². The summed E-state index contributed by atoms with van der Waals surface area (Å²) in [5.41, 5.74) is 6.38. The Balaban J connectivity index is 1.98. The number of aromatic nitrogens is 2. The first kappa shape index (κ1) is 21.7. The number of hydrogen-bond donors (Lipinski definition) is 2. The summed E-state index contributed by atoms with van der Waals surface area (Å²) in [7, 11) is -3.61. The van der Waals surface area contributed by atoms with Gasteiger partial charge >= 0.3 is 0 Å². The maximum Gasteiger partial charge on any atom is 0.286 e. The topological polar surface area (TPSA) is 145 Å². The normalized spacial score (nSPS) is 13.7. The highest BCUT2D eigenvalue weighted by atomic mass is 32.2. The van der Waals surface area contributed by atoms with Gasteiger partial charge in [-0.2, -0.15) is 0 Å². The molecule has 2 rings (SSSR count). The molecule has 3 N–H and O–H groups in total. The van der Waals surface area contributed by atoms with E-state index in [0.29, 0.717) is 17.9 Å². The van der Waals surface area contributed by atoms with E-state index in [4.69, 9.17) is 10.2 Å². The molecule has 0 bridgehead atoms. The van der Waals surface area contributed by atoms with Crippen molar-refractivity contribution in [2.45, 2.75) is 44.5 Å². The number of rotatable bonds is 10. The van der Waals surface area contributed by atoms with Gasteiger partial charge < -0.3 is 15.5 Å². The van der Waals surface area contributed by atoms with Crippen molar-refractivity contribution >= 4 is 21.5 Å². The first-order valence-corrected chi connectivity index (χ1v) is 10.7. The number of nitrogens with one attached hydrogen (secondary N) is 1. The minimum Gasteiger partial charge on any atom is -0.418 e. The fourth-order valence-corrected chi connectivity index (χ4v) is 4.03. The summed E-state index contributed by atoms with van der Waals surface area (Å²) < 4.78 is 29.8. The van der Waals surface area contributed by atoms with Crippen molar-refractivity contribution in [1.29, 1.82) is 0 Å². The van der Waals surface area contributed by atoms with E-state index >= 15 is 0 Å². The minimum atomic E-state index is -3.61. The Hall–Kier alpha value is -2.59. The molecule has 0 saturated carbocycles. The Morgan fingerprint density at radius 2 is 1.86 bits per heavy atom. The molecule has 1 aromatic carbocycles. The molecule has 0 fully saturated rings. The lowest BCUT2D eigenvalue weighted by atomic mass is 10.1. The predicted octanol–water partition coefficient (Wildman–Crippen LogP) is 0.652. The van der Waals surface area contributed by atoms with E-state index in [9.17, 15) is 18.0 Å². The van der Waals surface area contributed by atoms with Crippen LogP contribution in [0.3, 0.4) is 0 Å². The minimum absolute atomic E-state index is 0.200. The molecule has 0 spiro atoms. The number of amides is 1. The third-order valence-electron chi connectivity index (χ3n) is 4.02. The van der Waals surface area contributed by atoms with Crippen LogP contribution in [0.1, 0.15) is 42.4 Å². The van der Waals surface area contributed by atoms with E-state index in [1.54, 1.807) is 44.2 Å². The number of Topliss-reactive ketones (excluding diaryl/α,β-unsaturated/α-hetero) is 1. The van der Waals surface area contributed by atoms with E-state index < -0.39 is 39.4 Å². The zero-order chi connectivity index (χ0) is 20.7. The molecule has 1 heterocycles. The number of hydrogen-bond acceptors (Lipinski definition) is 8. The van der Waals surface area contributed by atoms with Gasteiger partial charge in [0, 0.05) is 6.42 Å². The quantitative estimate of drug-likeness (QED) is 0.545. The number of nitrogens with two attached hydrogens (primary N) is 1. The maximum absolute atomic E-state index is 12.4. The molecule has 2 aromatic rings. The van der Waals surface area contributed by atoms with Crippen molar-refractivity contribution in [1.82, 2.24) is 15.5 Å². The summed E-state index contributed by atoms with van der Waals surface area (Å²) in [5.74, 6) is -1.90. The Kier molecular flexibility index (Phi) is 7.41. The number of ketones is 1. The number of carbonyl (C=O) groups is 2. The van der Waals surface area contributed by atoms with Crippen molar-refractivity contribution in [2.75, 3.05) is 5.75 Å². The second-order valence-electron chi connectivity index (χ2n) is 6.33. The Bertz CT molecular complexity index is 911. The van der Waals surface area contributed by atoms with Crippen LogP contribution in [-0.2, 0) is 26.8 Å². The molecule has 9 nitrogen and oxygen atoms in total. The third-order valence-corrected chi connectivity index (χ3v) is 5.66. The molecule has 0 saturated heterocycles. The molecule has 2 unspecified atom stereocenters. The van der Waals surface area contributed by atoms with Crippen LogP contribution in [0, 0.1) is 0 Å². The number of sulfone groups is 1. The Labute approximate surface area is 163 Å². The van der Waals surface area contributed by atoms with Gasteiger partial charge in [0.05, 0.1) is 23.6 Å². The van der Waals surface area contributed by atoms with Gasteiger partial charge in [0.1, 0.15) is 0 Å². The van der Waals surface area contributed by atoms with Crippen LogP contribution in [0.4, 0.5) is 0 Å². The third kappa shape index (κ3) is 5.96. The molecule has 1 amide bonds. The second-order valence-corrected chi connectivity index (χ2v) is 8.44. The summed E-state index contributed by atoms with van der Waals surface area (Å²) in [6, 6.07) is 6.38. The summed E-state index contributed by atoms with van der Waals surface area (Å²) in [6.45, 7) is 3.49. The van der Waals surface area contributed by atoms with Gasteiger partial charge in [-0.3, -0.25) is 9.59 Å². The number of aryl methyl sites for hydroxylation is 1. The highest BCUT2D eigenvalue weighted by Gasteiger charge is 2.29. The number of benzene rings is 1. The monoisotopic (exact) mass is 408 g/mol. The highest BCUT2D eigenvalue weighted by Crippen LogP contribution is 2.09. The van der Waals surface area contributed by atoms with Gasteiger partial charge in [-0.15, -0.1) is 10.2 Å². The zero-order valence-electron chi connectivity index (χ0n) is 15.8. The van der Waals surface area contributed by atoms with Crippen molar-refractivity contribution in [3.63, 3.8) is 0 Å². The van der Waals surface area contributed by atoms with Crippen LogP contribution in [0.5, 0.6) is 0 Å². The van der Waals surface area contributed by atoms with Crippen LogP contribution in [0.2, 0.25) is 0 Å². The first-order chi connectivity index (χ1) is 13.3. The van der Waals surface area contributed by atoms with E-state index in [1.165, 1.54) is 0 Å². The van der Waals surface area contributed by atoms with Gasteiger partial charge in [-0.05, 0) is 12.0 Å². The van der Waals surface area contributed by atoms with Crippen molar-refractivity contribution < 1.29 is 22.4 Å². The lowest BCUT2D eigenvalue weighted by molar-refractivity contribution is -0.122. The SMILES string of the molecule is CCc1nnc(C(=O)C(CC)NC(=O)C(N)CS(=O)(=O)Cc2ccccc2)o1. The van der Waals surface area contributed by atoms with E-state index in [2.05, 4.69) is 15.5 Å². The molecular weight excluding hydrogens is 384 g/mol. The van der Waals surface area contributed by atoms with Crippen LogP contribution in [0.25, 0.3) is 0 Å². The molecule has 10 heteroatoms. The lowest BCUT2D eigenvalue weighted by Gasteiger charge is -2.17. The first-order valence-electron chi connectivity index (χ1n) is 8.92. The lowest BCUT2D eigenvalue weighted by Crippen LogP contribution is -2.50. The molecule has 0 aliphatic rings. The van der Waals surface area contributed by atoms with Crippen molar-refractivity contribution in [3.05, 3.63) is 47.7 Å². The highest BCUT2D eigenvalue weighted by molar-refractivity contribution is 7.90. The summed E-state index contributed by atoms with van der Waals surface area (Å²) in [6.07, 6.45) is 0.742. The van der Waals surface area contributed by atoms with Gasteiger partial charge in [0.15, 0.2) is 9.84 Å². The van der Waals surface area contributed by atoms with E-state index in [-0.39, 0.29) is 18.1 Å². The molecular formula is C18H24N4O5S. The second kappa shape index (κ2) is 9.56. The van der Waals surface area contributed by atoms with Crippen LogP contribution >= 0.6 is 0 Å². The zero-order valence-corrected chi connectivity index (χ0v) is 16.6. The molecule has 2 atom stereocenters. The Morgan fingerprint density at radius 3 is 2.43 bits per heavy atom. The summed E-state index contributed by atoms with van der Waals surface area (Å²) in [4.78, 5) is 24.7. The number of carbonyl (C=O) groups excluding carboxylic acids is 2. The molecule has 0 aliphatic heterocycles. The standard InChI is InChI=1S/C18H24N4O5S/c1-3-14(16(23)18-22-21-15(4-2)27-18)20-17(24)13(19)11-28(25,26)10-12-8-6-5-7-9-12/h5-9,13-14H,3-4,10-11,19H2,1-2H3,(H,20,24). The largest absolute Gasteiger partial charge is 0.418 e. The fraction of sp³-hybridized carbons (Fsp3) is 0.444. The molecule has 1 aromatic heterocycles. The fourth-order valence-electron chi connectivity index (χ4n) is 2.51. The smallest absolute Gasteiger partial charge is 0.286 e. The maximum atomic E-state index is 12.4. The van der Waals surface area contributed by atoms with Gasteiger partial charge in [-0.1, -0.05) is 44.2 Å². The van der Waals surface area contributed by atoms with Crippen molar-refractivity contribution in [3.8, 4) is 0 Å². The summed E-state index contributed by atoms with van der Waals surface area (Å²) >= 11 is 0. The average molecular weight is 408 g/mol. The van der Waals surface area contributed by atoms with Crippen LogP contribution in [-0.4, -0.2) is 48.1 Å². The van der Waals surface area contributed by atoms with Gasteiger partial charge in [0.2, 0.25) is 17.6 Å². The molecule has 28 heavy (non-hydrogen) atoms. The number of nitrogens with zero attached hydrogens (tertiary/aromatic N) is 2. The van der Waals surface area contributed by atoms with E-state index in [1.807, 2.05) is 0 Å². The predicted molar refractivity (Wildman–Crippen MR) is 102 cm³/mol. The van der Waals surface area contributed by atoms with Crippen LogP contribution in [0.15, 0.2) is 34.7 Å². The molecule has 0 aliphatic carbocycles. The van der Waals surface area contributed by atoms with Gasteiger partial charge in [0.25, 0.3) is 5.89 Å². The Morgan fingerprint density at radius 1 is 1.18 bits per heavy atom. The average Bonchev–Trinajstić information content (AvgIpc) is 3.14. The molecule has 152 valence electrons.